The van der Waals surface area contributed by atoms with E-state index in [2.05, 4.69) is 0 Å². The number of alkyl halides is 3. The number of hydrogen-bond donors (Lipinski definition) is 2. The predicted octanol–water partition coefficient (Wildman–Crippen LogP) is 3.91. The van der Waals surface area contributed by atoms with Gasteiger partial charge < -0.3 is 10.8 Å². The highest BCUT2D eigenvalue weighted by Crippen LogP contribution is 2.36. The molecule has 0 spiro atoms. The van der Waals surface area contributed by atoms with Crippen molar-refractivity contribution in [1.29, 1.82) is 0 Å². The van der Waals surface area contributed by atoms with Gasteiger partial charge in [-0.1, -0.05) is 24.4 Å². The van der Waals surface area contributed by atoms with E-state index in [0.717, 1.165) is 37.8 Å². The molecule has 20 heavy (non-hydrogen) atoms. The zero-order chi connectivity index (χ0) is 14.9. The van der Waals surface area contributed by atoms with Gasteiger partial charge in [0, 0.05) is 5.02 Å². The van der Waals surface area contributed by atoms with E-state index >= 15 is 0 Å². The van der Waals surface area contributed by atoms with E-state index < -0.39 is 23.9 Å². The Hall–Kier alpha value is -0.780. The standard InChI is InChI=1S/C14H17ClF3NO/c15-11-6-9(5-10(7-11)14(16,17)18)12(19)13(20)8-3-1-2-4-8/h5-8,12-13,20H,1-4,19H2/t12-,13+/m1/s1. The zero-order valence-electron chi connectivity index (χ0n) is 10.8. The maximum absolute atomic E-state index is 12.8. The fourth-order valence-electron chi connectivity index (χ4n) is 2.76. The molecular weight excluding hydrogens is 291 g/mol. The minimum absolute atomic E-state index is 0.0242. The van der Waals surface area contributed by atoms with Crippen molar-refractivity contribution in [2.45, 2.75) is 44.0 Å². The molecule has 0 aromatic heterocycles. The summed E-state index contributed by atoms with van der Waals surface area (Å²) in [4.78, 5) is 0. The van der Waals surface area contributed by atoms with Crippen LogP contribution in [0.3, 0.4) is 0 Å². The molecule has 0 unspecified atom stereocenters. The summed E-state index contributed by atoms with van der Waals surface area (Å²) in [6.07, 6.45) is -1.53. The summed E-state index contributed by atoms with van der Waals surface area (Å²) < 4.78 is 38.3. The molecule has 2 nitrogen and oxygen atoms in total. The molecule has 112 valence electrons. The normalized spacial score (nSPS) is 20.1. The first kappa shape index (κ1) is 15.6. The summed E-state index contributed by atoms with van der Waals surface area (Å²) in [7, 11) is 0. The van der Waals surface area contributed by atoms with Crippen LogP contribution >= 0.6 is 11.6 Å². The van der Waals surface area contributed by atoms with Gasteiger partial charge in [-0.3, -0.25) is 0 Å². The van der Waals surface area contributed by atoms with Gasteiger partial charge in [0.05, 0.1) is 17.7 Å². The minimum Gasteiger partial charge on any atom is -0.391 e. The van der Waals surface area contributed by atoms with Crippen LogP contribution in [0.4, 0.5) is 13.2 Å². The minimum atomic E-state index is -4.47. The van der Waals surface area contributed by atoms with Crippen LogP contribution in [0.1, 0.15) is 42.9 Å². The van der Waals surface area contributed by atoms with Crippen molar-refractivity contribution >= 4 is 11.6 Å². The molecule has 0 saturated heterocycles. The first-order valence-electron chi connectivity index (χ1n) is 6.60. The van der Waals surface area contributed by atoms with Crippen molar-refractivity contribution in [2.24, 2.45) is 11.7 Å². The van der Waals surface area contributed by atoms with E-state index in [4.69, 9.17) is 17.3 Å². The van der Waals surface area contributed by atoms with Gasteiger partial charge >= 0.3 is 6.18 Å². The molecule has 1 aliphatic rings. The number of nitrogens with two attached hydrogens (primary N) is 1. The monoisotopic (exact) mass is 307 g/mol. The summed E-state index contributed by atoms with van der Waals surface area (Å²) in [6, 6.07) is 2.37. The van der Waals surface area contributed by atoms with Gasteiger partial charge in [0.1, 0.15) is 0 Å². The average molecular weight is 308 g/mol. The molecule has 1 fully saturated rings. The van der Waals surface area contributed by atoms with E-state index in [1.54, 1.807) is 0 Å². The largest absolute Gasteiger partial charge is 0.416 e. The first-order valence-corrected chi connectivity index (χ1v) is 6.98. The third kappa shape index (κ3) is 3.45. The molecule has 2 rings (SSSR count). The Balaban J connectivity index is 2.24. The van der Waals surface area contributed by atoms with Crippen LogP contribution in [0, 0.1) is 5.92 Å². The molecule has 6 heteroatoms. The first-order chi connectivity index (χ1) is 9.29. The van der Waals surface area contributed by atoms with Crippen LogP contribution in [0.2, 0.25) is 5.02 Å². The maximum atomic E-state index is 12.8. The quantitative estimate of drug-likeness (QED) is 0.889. The van der Waals surface area contributed by atoms with Gasteiger partial charge in [-0.15, -0.1) is 0 Å². The Morgan fingerprint density at radius 1 is 1.20 bits per heavy atom. The van der Waals surface area contributed by atoms with E-state index in [1.165, 1.54) is 6.07 Å². The molecule has 2 atom stereocenters. The van der Waals surface area contributed by atoms with Crippen molar-refractivity contribution in [2.75, 3.05) is 0 Å². The fraction of sp³-hybridized carbons (Fsp3) is 0.571. The number of hydrogen-bond acceptors (Lipinski definition) is 2. The van der Waals surface area contributed by atoms with Crippen molar-refractivity contribution < 1.29 is 18.3 Å². The van der Waals surface area contributed by atoms with Crippen LogP contribution in [0.15, 0.2) is 18.2 Å². The Morgan fingerprint density at radius 2 is 1.80 bits per heavy atom. The number of aliphatic hydroxyl groups is 1. The number of rotatable bonds is 3. The summed E-state index contributed by atoms with van der Waals surface area (Å²) in [5.74, 6) is 0.0540. The molecule has 1 saturated carbocycles. The second kappa shape index (κ2) is 5.92. The van der Waals surface area contributed by atoms with Crippen molar-refractivity contribution in [3.8, 4) is 0 Å². The molecule has 0 radical (unpaired) electrons. The number of halogens is 4. The summed E-state index contributed by atoms with van der Waals surface area (Å²) in [5.41, 5.74) is 5.31. The van der Waals surface area contributed by atoms with Gasteiger partial charge in [-0.05, 0) is 42.5 Å². The molecule has 3 N–H and O–H groups in total. The Kier molecular flexibility index (Phi) is 4.62. The summed E-state index contributed by atoms with van der Waals surface area (Å²) in [6.45, 7) is 0. The molecular formula is C14H17ClF3NO. The predicted molar refractivity (Wildman–Crippen MR) is 71.3 cm³/mol. The lowest BCUT2D eigenvalue weighted by molar-refractivity contribution is -0.137. The molecule has 1 aromatic rings. The third-order valence-electron chi connectivity index (χ3n) is 3.88. The summed E-state index contributed by atoms with van der Waals surface area (Å²) in [5, 5.41) is 10.2. The van der Waals surface area contributed by atoms with Gasteiger partial charge in [0.25, 0.3) is 0 Å². The Bertz CT molecular complexity index is 472. The van der Waals surface area contributed by atoms with Crippen LogP contribution in [-0.4, -0.2) is 11.2 Å². The van der Waals surface area contributed by atoms with Gasteiger partial charge in [0.2, 0.25) is 0 Å². The molecule has 0 aliphatic heterocycles. The topological polar surface area (TPSA) is 46.2 Å². The lowest BCUT2D eigenvalue weighted by Crippen LogP contribution is -2.32. The van der Waals surface area contributed by atoms with Crippen molar-refractivity contribution in [3.63, 3.8) is 0 Å². The Morgan fingerprint density at radius 3 is 2.35 bits per heavy atom. The molecule has 1 aliphatic carbocycles. The lowest BCUT2D eigenvalue weighted by Gasteiger charge is -2.25. The molecule has 0 heterocycles. The van der Waals surface area contributed by atoms with Crippen LogP contribution in [0.5, 0.6) is 0 Å². The molecule has 0 amide bonds. The van der Waals surface area contributed by atoms with E-state index in [0.29, 0.717) is 0 Å². The highest BCUT2D eigenvalue weighted by atomic mass is 35.5. The Labute approximate surface area is 120 Å². The lowest BCUT2D eigenvalue weighted by atomic mass is 9.90. The smallest absolute Gasteiger partial charge is 0.391 e. The van der Waals surface area contributed by atoms with Gasteiger partial charge in [0.15, 0.2) is 0 Å². The van der Waals surface area contributed by atoms with Crippen molar-refractivity contribution in [1.82, 2.24) is 0 Å². The van der Waals surface area contributed by atoms with Crippen LogP contribution in [0.25, 0.3) is 0 Å². The molecule has 1 aromatic carbocycles. The summed E-state index contributed by atoms with van der Waals surface area (Å²) >= 11 is 5.73. The average Bonchev–Trinajstić information content (AvgIpc) is 2.89. The highest BCUT2D eigenvalue weighted by Gasteiger charge is 2.33. The second-order valence-corrected chi connectivity index (χ2v) is 5.77. The van der Waals surface area contributed by atoms with Crippen molar-refractivity contribution in [3.05, 3.63) is 34.3 Å². The van der Waals surface area contributed by atoms with E-state index in [1.807, 2.05) is 0 Å². The molecule has 0 bridgehead atoms. The zero-order valence-corrected chi connectivity index (χ0v) is 11.6. The van der Waals surface area contributed by atoms with Crippen LogP contribution < -0.4 is 5.73 Å². The van der Waals surface area contributed by atoms with E-state index in [9.17, 15) is 18.3 Å². The SMILES string of the molecule is N[C@H](c1cc(Cl)cc(C(F)(F)F)c1)[C@@H](O)C1CCCC1. The maximum Gasteiger partial charge on any atom is 0.416 e. The van der Waals surface area contributed by atoms with Gasteiger partial charge in [-0.2, -0.15) is 13.2 Å². The second-order valence-electron chi connectivity index (χ2n) is 5.33. The van der Waals surface area contributed by atoms with Gasteiger partial charge in [-0.25, -0.2) is 0 Å². The third-order valence-corrected chi connectivity index (χ3v) is 4.10. The number of aliphatic hydroxyl groups excluding tert-OH is 1. The number of benzene rings is 1. The fourth-order valence-corrected chi connectivity index (χ4v) is 3.00. The highest BCUT2D eigenvalue weighted by molar-refractivity contribution is 6.30. The van der Waals surface area contributed by atoms with Crippen LogP contribution in [-0.2, 0) is 6.18 Å². The van der Waals surface area contributed by atoms with E-state index in [-0.39, 0.29) is 16.5 Å².